The topological polar surface area (TPSA) is 0 Å². The van der Waals surface area contributed by atoms with E-state index in [1.54, 1.807) is 0 Å². The van der Waals surface area contributed by atoms with E-state index in [0.717, 1.165) is 23.4 Å². The van der Waals surface area contributed by atoms with Crippen molar-refractivity contribution in [1.29, 1.82) is 0 Å². The maximum Gasteiger partial charge on any atom is 0.0470 e. The highest BCUT2D eigenvalue weighted by atomic mass is 35.5. The molecule has 0 saturated heterocycles. The lowest BCUT2D eigenvalue weighted by Crippen LogP contribution is -1.87. The highest BCUT2D eigenvalue weighted by Gasteiger charge is 2.04. The van der Waals surface area contributed by atoms with Crippen LogP contribution in [0.15, 0.2) is 35.9 Å². The summed E-state index contributed by atoms with van der Waals surface area (Å²) in [5.41, 5.74) is 2.52. The fourth-order valence-corrected chi connectivity index (χ4v) is 1.97. The minimum absolute atomic E-state index is 0.951. The van der Waals surface area contributed by atoms with Crippen LogP contribution in [0, 0.1) is 0 Å². The Labute approximate surface area is 98.0 Å². The molecule has 0 aliphatic carbocycles. The summed E-state index contributed by atoms with van der Waals surface area (Å²) in [6.45, 7) is 4.39. The highest BCUT2D eigenvalue weighted by Crippen LogP contribution is 2.27. The van der Waals surface area contributed by atoms with E-state index in [-0.39, 0.29) is 0 Å². The van der Waals surface area contributed by atoms with Gasteiger partial charge in [0.15, 0.2) is 0 Å². The van der Waals surface area contributed by atoms with Gasteiger partial charge < -0.3 is 0 Å². The van der Waals surface area contributed by atoms with E-state index in [1.165, 1.54) is 18.4 Å². The predicted octanol–water partition coefficient (Wildman–Crippen LogP) is 5.24. The number of halogens is 1. The smallest absolute Gasteiger partial charge is 0.0470 e. The van der Waals surface area contributed by atoms with Crippen molar-refractivity contribution in [2.75, 3.05) is 0 Å². The number of benzene rings is 1. The van der Waals surface area contributed by atoms with Crippen LogP contribution in [0.25, 0.3) is 5.03 Å². The minimum atomic E-state index is 0.951. The molecule has 0 heterocycles. The first-order valence-corrected chi connectivity index (χ1v) is 6.10. The summed E-state index contributed by atoms with van der Waals surface area (Å²) in [4.78, 5) is 0. The summed E-state index contributed by atoms with van der Waals surface area (Å²) in [5.74, 6) is 0. The third kappa shape index (κ3) is 3.71. The van der Waals surface area contributed by atoms with Crippen LogP contribution in [-0.4, -0.2) is 0 Å². The van der Waals surface area contributed by atoms with E-state index in [1.807, 2.05) is 18.2 Å². The van der Waals surface area contributed by atoms with E-state index >= 15 is 0 Å². The maximum atomic E-state index is 6.39. The standard InChI is InChI=1S/C14H19Cl/c1-3-5-9-12(4-2)14(15)13-10-7-6-8-11-13/h6-8,10-11H,3-5,9H2,1-2H3/b14-12+. The van der Waals surface area contributed by atoms with Gasteiger partial charge in [0.25, 0.3) is 0 Å². The zero-order chi connectivity index (χ0) is 11.1. The van der Waals surface area contributed by atoms with Crippen LogP contribution in [0.4, 0.5) is 0 Å². The Morgan fingerprint density at radius 3 is 2.33 bits per heavy atom. The number of hydrogen-bond acceptors (Lipinski definition) is 0. The van der Waals surface area contributed by atoms with Crippen molar-refractivity contribution < 1.29 is 0 Å². The molecule has 0 radical (unpaired) electrons. The first kappa shape index (κ1) is 12.3. The fraction of sp³-hybridized carbons (Fsp3) is 0.429. The Balaban J connectivity index is 2.85. The molecule has 0 saturated carbocycles. The second kappa shape index (κ2) is 6.68. The molecule has 0 atom stereocenters. The molecule has 0 nitrogen and oxygen atoms in total. The fourth-order valence-electron chi connectivity index (χ4n) is 1.62. The molecule has 0 amide bonds. The lowest BCUT2D eigenvalue weighted by atomic mass is 10.0. The van der Waals surface area contributed by atoms with Crippen LogP contribution in [-0.2, 0) is 0 Å². The largest absolute Gasteiger partial charge is 0.0837 e. The van der Waals surface area contributed by atoms with E-state index in [0.29, 0.717) is 0 Å². The molecule has 0 bridgehead atoms. The molecule has 0 aromatic heterocycles. The van der Waals surface area contributed by atoms with Gasteiger partial charge in [-0.05, 0) is 24.8 Å². The Kier molecular flexibility index (Phi) is 5.49. The normalized spacial score (nSPS) is 12.5. The van der Waals surface area contributed by atoms with Gasteiger partial charge in [-0.2, -0.15) is 0 Å². The molecule has 1 rings (SSSR count). The highest BCUT2D eigenvalue weighted by molar-refractivity contribution is 6.49. The number of unbranched alkanes of at least 4 members (excludes halogenated alkanes) is 1. The van der Waals surface area contributed by atoms with Crippen molar-refractivity contribution >= 4 is 16.6 Å². The maximum absolute atomic E-state index is 6.39. The molecule has 0 fully saturated rings. The zero-order valence-electron chi connectivity index (χ0n) is 9.59. The van der Waals surface area contributed by atoms with E-state index in [9.17, 15) is 0 Å². The summed E-state index contributed by atoms with van der Waals surface area (Å²) < 4.78 is 0. The van der Waals surface area contributed by atoms with Gasteiger partial charge in [-0.25, -0.2) is 0 Å². The Bertz CT molecular complexity index is 311. The first-order valence-electron chi connectivity index (χ1n) is 5.72. The molecule has 0 aliphatic heterocycles. The number of hydrogen-bond donors (Lipinski definition) is 0. The minimum Gasteiger partial charge on any atom is -0.0837 e. The molecule has 1 aromatic rings. The van der Waals surface area contributed by atoms with Crippen molar-refractivity contribution in [3.63, 3.8) is 0 Å². The molecule has 0 spiro atoms. The third-order valence-electron chi connectivity index (χ3n) is 2.60. The van der Waals surface area contributed by atoms with E-state index in [4.69, 9.17) is 11.6 Å². The SMILES string of the molecule is CCCC/C(CC)=C(/Cl)c1ccccc1. The second-order valence-electron chi connectivity index (χ2n) is 3.74. The van der Waals surface area contributed by atoms with Crippen molar-refractivity contribution in [2.45, 2.75) is 39.5 Å². The molecule has 15 heavy (non-hydrogen) atoms. The average Bonchev–Trinajstić information content (AvgIpc) is 2.31. The van der Waals surface area contributed by atoms with E-state index < -0.39 is 0 Å². The van der Waals surface area contributed by atoms with Crippen LogP contribution < -0.4 is 0 Å². The van der Waals surface area contributed by atoms with Crippen LogP contribution in [0.1, 0.15) is 45.1 Å². The zero-order valence-corrected chi connectivity index (χ0v) is 10.3. The Morgan fingerprint density at radius 1 is 1.13 bits per heavy atom. The summed E-state index contributed by atoms with van der Waals surface area (Å²) >= 11 is 6.39. The molecule has 82 valence electrons. The van der Waals surface area contributed by atoms with E-state index in [2.05, 4.69) is 26.0 Å². The van der Waals surface area contributed by atoms with Gasteiger partial charge in [0, 0.05) is 5.03 Å². The Morgan fingerprint density at radius 2 is 1.80 bits per heavy atom. The quantitative estimate of drug-likeness (QED) is 0.640. The van der Waals surface area contributed by atoms with Crippen LogP contribution in [0.2, 0.25) is 0 Å². The molecule has 0 aliphatic rings. The van der Waals surface area contributed by atoms with Crippen molar-refractivity contribution in [2.24, 2.45) is 0 Å². The molecule has 1 aromatic carbocycles. The molecule has 0 N–H and O–H groups in total. The summed E-state index contributed by atoms with van der Waals surface area (Å²) in [5, 5.41) is 0.951. The van der Waals surface area contributed by atoms with Crippen molar-refractivity contribution in [1.82, 2.24) is 0 Å². The van der Waals surface area contributed by atoms with Gasteiger partial charge in [-0.15, -0.1) is 0 Å². The van der Waals surface area contributed by atoms with Crippen molar-refractivity contribution in [3.05, 3.63) is 41.5 Å². The molecule has 0 unspecified atom stereocenters. The van der Waals surface area contributed by atoms with Gasteiger partial charge in [0.2, 0.25) is 0 Å². The Hall–Kier alpha value is -0.750. The third-order valence-corrected chi connectivity index (χ3v) is 3.08. The molecular weight excluding hydrogens is 204 g/mol. The lowest BCUT2D eigenvalue weighted by Gasteiger charge is -2.08. The summed E-state index contributed by atoms with van der Waals surface area (Å²) in [6, 6.07) is 10.2. The summed E-state index contributed by atoms with van der Waals surface area (Å²) in [6.07, 6.45) is 4.63. The van der Waals surface area contributed by atoms with Gasteiger partial charge in [-0.1, -0.05) is 67.8 Å². The average molecular weight is 223 g/mol. The molecular formula is C14H19Cl. The first-order chi connectivity index (χ1) is 7.29. The van der Waals surface area contributed by atoms with Crippen molar-refractivity contribution in [3.8, 4) is 0 Å². The number of allylic oxidation sites excluding steroid dienone is 1. The van der Waals surface area contributed by atoms with Gasteiger partial charge in [-0.3, -0.25) is 0 Å². The summed E-state index contributed by atoms with van der Waals surface area (Å²) in [7, 11) is 0. The number of rotatable bonds is 5. The second-order valence-corrected chi connectivity index (χ2v) is 4.12. The lowest BCUT2D eigenvalue weighted by molar-refractivity contribution is 0.769. The van der Waals surface area contributed by atoms with Crippen LogP contribution >= 0.6 is 11.6 Å². The molecule has 1 heteroatoms. The van der Waals surface area contributed by atoms with Gasteiger partial charge >= 0.3 is 0 Å². The van der Waals surface area contributed by atoms with Crippen LogP contribution in [0.3, 0.4) is 0 Å². The van der Waals surface area contributed by atoms with Crippen LogP contribution in [0.5, 0.6) is 0 Å². The predicted molar refractivity (Wildman–Crippen MR) is 69.0 cm³/mol. The van der Waals surface area contributed by atoms with Gasteiger partial charge in [0.1, 0.15) is 0 Å². The monoisotopic (exact) mass is 222 g/mol. The van der Waals surface area contributed by atoms with Gasteiger partial charge in [0.05, 0.1) is 0 Å².